The maximum Gasteiger partial charge on any atom is 0.257 e. The number of nitrogens with one attached hydrogen (secondary N) is 1. The molecule has 7 nitrogen and oxygen atoms in total. The fraction of sp³-hybridized carbons (Fsp3) is 0.423. The van der Waals surface area contributed by atoms with Crippen molar-refractivity contribution in [2.45, 2.75) is 50.4 Å². The zero-order chi connectivity index (χ0) is 24.7. The van der Waals surface area contributed by atoms with Gasteiger partial charge in [0.1, 0.15) is 11.8 Å². The van der Waals surface area contributed by atoms with Crippen LogP contribution in [0.5, 0.6) is 0 Å². The second-order valence-electron chi connectivity index (χ2n) is 9.47. The first kappa shape index (κ1) is 24.1. The average Bonchev–Trinajstić information content (AvgIpc) is 3.60. The van der Waals surface area contributed by atoms with Gasteiger partial charge in [-0.1, -0.05) is 41.4 Å². The van der Waals surface area contributed by atoms with Gasteiger partial charge < -0.3 is 15.0 Å². The number of carbonyl (C=O) groups excluding carboxylic acids is 3. The van der Waals surface area contributed by atoms with Crippen molar-refractivity contribution in [1.82, 2.24) is 15.1 Å². The molecule has 0 aromatic heterocycles. The first-order chi connectivity index (χ1) is 16.8. The van der Waals surface area contributed by atoms with E-state index >= 15 is 0 Å². The Balaban J connectivity index is 1.38. The molecule has 2 aliphatic heterocycles. The Morgan fingerprint density at radius 2 is 1.71 bits per heavy atom. The summed E-state index contributed by atoms with van der Waals surface area (Å²) in [7, 11) is 0. The molecule has 1 N–H and O–H groups in total. The Hall–Kier alpha value is -2.61. The van der Waals surface area contributed by atoms with Gasteiger partial charge in [0.25, 0.3) is 11.8 Å². The number of halogens is 2. The minimum absolute atomic E-state index is 0.136. The lowest BCUT2D eigenvalue weighted by molar-refractivity contribution is -0.128. The Labute approximate surface area is 214 Å². The molecule has 35 heavy (non-hydrogen) atoms. The van der Waals surface area contributed by atoms with Crippen molar-refractivity contribution in [2.75, 3.05) is 19.7 Å². The molecule has 3 aliphatic rings. The summed E-state index contributed by atoms with van der Waals surface area (Å²) in [4.78, 5) is 43.4. The number of hydrogen-bond donors (Lipinski definition) is 1. The summed E-state index contributed by atoms with van der Waals surface area (Å²) in [6.07, 6.45) is 2.74. The van der Waals surface area contributed by atoms with Crippen LogP contribution in [0.3, 0.4) is 0 Å². The van der Waals surface area contributed by atoms with Crippen LogP contribution in [0, 0.1) is 6.92 Å². The Bertz CT molecular complexity index is 1170. The second kappa shape index (κ2) is 9.45. The molecule has 2 heterocycles. The molecule has 1 unspecified atom stereocenters. The molecule has 3 fully saturated rings. The predicted octanol–water partition coefficient (Wildman–Crippen LogP) is 4.05. The summed E-state index contributed by atoms with van der Waals surface area (Å²) < 4.78 is 6.25. The third kappa shape index (κ3) is 4.65. The van der Waals surface area contributed by atoms with Gasteiger partial charge in [0.2, 0.25) is 5.91 Å². The molecule has 1 aliphatic carbocycles. The standard InChI is InChI=1S/C26H27Cl2N3O4/c1-16-4-2-3-5-19(16)25(34)31-22(23(32)29-18-7-8-18)15-35-26(31)10-12-30(13-11-26)24(33)17-6-9-20(27)21(28)14-17/h2-6,9,14,18,22H,7-8,10-13,15H2,1H3,(H,29,32). The Kier molecular flexibility index (Phi) is 6.51. The highest BCUT2D eigenvalue weighted by Crippen LogP contribution is 2.39. The van der Waals surface area contributed by atoms with Crippen LogP contribution < -0.4 is 5.32 Å². The van der Waals surface area contributed by atoms with Gasteiger partial charge in [0.15, 0.2) is 0 Å². The van der Waals surface area contributed by atoms with E-state index in [9.17, 15) is 14.4 Å². The number of likely N-dealkylation sites (tertiary alicyclic amines) is 1. The SMILES string of the molecule is Cc1ccccc1C(=O)N1C(C(=O)NC2CC2)COC12CCN(C(=O)c1ccc(Cl)c(Cl)c1)CC2. The highest BCUT2D eigenvalue weighted by atomic mass is 35.5. The van der Waals surface area contributed by atoms with Crippen LogP contribution in [0.2, 0.25) is 10.0 Å². The van der Waals surface area contributed by atoms with Gasteiger partial charge in [-0.05, 0) is 49.6 Å². The molecule has 0 bridgehead atoms. The molecule has 2 saturated heterocycles. The van der Waals surface area contributed by atoms with Crippen LogP contribution in [-0.4, -0.2) is 65.0 Å². The first-order valence-electron chi connectivity index (χ1n) is 11.9. The number of ether oxygens (including phenoxy) is 1. The van der Waals surface area contributed by atoms with Crippen LogP contribution in [0.25, 0.3) is 0 Å². The number of benzene rings is 2. The zero-order valence-corrected chi connectivity index (χ0v) is 20.9. The number of hydrogen-bond acceptors (Lipinski definition) is 4. The van der Waals surface area contributed by atoms with E-state index in [1.165, 1.54) is 0 Å². The van der Waals surface area contributed by atoms with Crippen molar-refractivity contribution in [1.29, 1.82) is 0 Å². The molecule has 3 amide bonds. The lowest BCUT2D eigenvalue weighted by atomic mass is 9.95. The molecule has 2 aromatic rings. The van der Waals surface area contributed by atoms with E-state index in [-0.39, 0.29) is 30.4 Å². The number of nitrogens with zero attached hydrogens (tertiary/aromatic N) is 2. The van der Waals surface area contributed by atoms with Gasteiger partial charge in [0, 0.05) is 43.1 Å². The van der Waals surface area contributed by atoms with E-state index in [0.717, 1.165) is 18.4 Å². The van der Waals surface area contributed by atoms with E-state index in [1.807, 2.05) is 25.1 Å². The van der Waals surface area contributed by atoms with Crippen molar-refractivity contribution >= 4 is 40.9 Å². The van der Waals surface area contributed by atoms with Gasteiger partial charge >= 0.3 is 0 Å². The minimum atomic E-state index is -0.945. The lowest BCUT2D eigenvalue weighted by Crippen LogP contribution is -2.60. The third-order valence-corrected chi connectivity index (χ3v) is 7.82. The normalized spacial score (nSPS) is 21.3. The van der Waals surface area contributed by atoms with Crippen LogP contribution >= 0.6 is 23.2 Å². The molecule has 9 heteroatoms. The molecular formula is C26H27Cl2N3O4. The molecule has 184 valence electrons. The fourth-order valence-electron chi connectivity index (χ4n) is 4.91. The molecular weight excluding hydrogens is 489 g/mol. The molecule has 1 atom stereocenters. The van der Waals surface area contributed by atoms with Gasteiger partial charge in [0.05, 0.1) is 16.7 Å². The van der Waals surface area contributed by atoms with Crippen molar-refractivity contribution in [2.24, 2.45) is 0 Å². The van der Waals surface area contributed by atoms with Gasteiger partial charge in [-0.25, -0.2) is 0 Å². The lowest BCUT2D eigenvalue weighted by Gasteiger charge is -2.44. The maximum absolute atomic E-state index is 13.8. The van der Waals surface area contributed by atoms with E-state index < -0.39 is 11.8 Å². The Morgan fingerprint density at radius 3 is 2.37 bits per heavy atom. The van der Waals surface area contributed by atoms with Gasteiger partial charge in [-0.2, -0.15) is 0 Å². The van der Waals surface area contributed by atoms with Crippen molar-refractivity contribution in [3.8, 4) is 0 Å². The van der Waals surface area contributed by atoms with Crippen molar-refractivity contribution in [3.63, 3.8) is 0 Å². The number of amides is 3. The predicted molar refractivity (Wildman–Crippen MR) is 133 cm³/mol. The fourth-order valence-corrected chi connectivity index (χ4v) is 5.20. The van der Waals surface area contributed by atoms with Crippen molar-refractivity contribution < 1.29 is 19.1 Å². The monoisotopic (exact) mass is 515 g/mol. The number of rotatable bonds is 4. The van der Waals surface area contributed by atoms with Crippen LogP contribution in [0.4, 0.5) is 0 Å². The minimum Gasteiger partial charge on any atom is -0.353 e. The largest absolute Gasteiger partial charge is 0.353 e. The van der Waals surface area contributed by atoms with E-state index in [1.54, 1.807) is 34.1 Å². The van der Waals surface area contributed by atoms with E-state index in [2.05, 4.69) is 5.32 Å². The van der Waals surface area contributed by atoms with Crippen LogP contribution in [0.15, 0.2) is 42.5 Å². The van der Waals surface area contributed by atoms with Crippen LogP contribution in [0.1, 0.15) is 52.0 Å². The Morgan fingerprint density at radius 1 is 1.00 bits per heavy atom. The molecule has 1 saturated carbocycles. The molecule has 1 spiro atoms. The summed E-state index contributed by atoms with van der Waals surface area (Å²) in [6.45, 7) is 2.78. The summed E-state index contributed by atoms with van der Waals surface area (Å²) in [5.74, 6) is -0.558. The number of aryl methyl sites for hydroxylation is 1. The third-order valence-electron chi connectivity index (χ3n) is 7.08. The summed E-state index contributed by atoms with van der Waals surface area (Å²) in [6, 6.07) is 11.7. The molecule has 2 aromatic carbocycles. The quantitative estimate of drug-likeness (QED) is 0.665. The summed E-state index contributed by atoms with van der Waals surface area (Å²) in [5.41, 5.74) is 0.903. The van der Waals surface area contributed by atoms with E-state index in [4.69, 9.17) is 27.9 Å². The topological polar surface area (TPSA) is 79.0 Å². The first-order valence-corrected chi connectivity index (χ1v) is 12.6. The molecule has 5 rings (SSSR count). The highest BCUT2D eigenvalue weighted by Gasteiger charge is 2.54. The zero-order valence-electron chi connectivity index (χ0n) is 19.4. The molecule has 0 radical (unpaired) electrons. The highest BCUT2D eigenvalue weighted by molar-refractivity contribution is 6.42. The number of piperidine rings is 1. The van der Waals surface area contributed by atoms with E-state index in [0.29, 0.717) is 47.1 Å². The van der Waals surface area contributed by atoms with Gasteiger partial charge in [-0.3, -0.25) is 19.3 Å². The summed E-state index contributed by atoms with van der Waals surface area (Å²) >= 11 is 12.1. The average molecular weight is 516 g/mol. The van der Waals surface area contributed by atoms with Gasteiger partial charge in [-0.15, -0.1) is 0 Å². The summed E-state index contributed by atoms with van der Waals surface area (Å²) in [5, 5.41) is 3.74. The second-order valence-corrected chi connectivity index (χ2v) is 10.3. The van der Waals surface area contributed by atoms with Crippen LogP contribution in [-0.2, 0) is 9.53 Å². The van der Waals surface area contributed by atoms with Crippen molar-refractivity contribution in [3.05, 3.63) is 69.2 Å². The maximum atomic E-state index is 13.8. The number of carbonyl (C=O) groups is 3. The smallest absolute Gasteiger partial charge is 0.257 e.